The van der Waals surface area contributed by atoms with Gasteiger partial charge in [0, 0.05) is 32.2 Å². The van der Waals surface area contributed by atoms with Gasteiger partial charge in [0.15, 0.2) is 11.0 Å². The van der Waals surface area contributed by atoms with Crippen LogP contribution >= 0.6 is 0 Å². The number of nitrogens with zero attached hydrogens (tertiary/aromatic N) is 4. The van der Waals surface area contributed by atoms with Crippen molar-refractivity contribution in [2.24, 2.45) is 4.99 Å². The molecule has 0 aromatic heterocycles. The fourth-order valence-electron chi connectivity index (χ4n) is 4.73. The highest BCUT2D eigenvalue weighted by Gasteiger charge is 2.34. The van der Waals surface area contributed by atoms with Crippen molar-refractivity contribution in [1.82, 2.24) is 14.1 Å². The summed E-state index contributed by atoms with van der Waals surface area (Å²) < 4.78 is 55.3. The molecular weight excluding hydrogens is 449 g/mol. The van der Waals surface area contributed by atoms with Crippen molar-refractivity contribution >= 4 is 16.9 Å². The van der Waals surface area contributed by atoms with Gasteiger partial charge in [0.1, 0.15) is 0 Å². The summed E-state index contributed by atoms with van der Waals surface area (Å²) in [5.74, 6) is 0.771. The molecule has 3 aliphatic rings. The van der Waals surface area contributed by atoms with Crippen molar-refractivity contribution < 1.29 is 17.4 Å². The van der Waals surface area contributed by atoms with E-state index in [0.717, 1.165) is 44.2 Å². The molecule has 2 aromatic carbocycles. The molecule has 0 spiro atoms. The Morgan fingerprint density at radius 1 is 0.909 bits per heavy atom. The highest BCUT2D eigenvalue weighted by atomic mass is 32.2. The minimum absolute atomic E-state index is 0.120. The van der Waals surface area contributed by atoms with E-state index in [2.05, 4.69) is 14.8 Å². The Labute approximate surface area is 194 Å². The van der Waals surface area contributed by atoms with E-state index < -0.39 is 22.7 Å². The number of aliphatic imine (C=N–C) groups is 1. The van der Waals surface area contributed by atoms with Gasteiger partial charge in [0.25, 0.3) is 0 Å². The van der Waals surface area contributed by atoms with Gasteiger partial charge >= 0.3 is 6.18 Å². The molecule has 0 radical (unpaired) electrons. The summed E-state index contributed by atoms with van der Waals surface area (Å²) in [6.45, 7) is 4.91. The first-order valence-corrected chi connectivity index (χ1v) is 12.5. The Kier molecular flexibility index (Phi) is 6.18. The predicted molar refractivity (Wildman–Crippen MR) is 123 cm³/mol. The zero-order valence-corrected chi connectivity index (χ0v) is 19.1. The molecule has 0 N–H and O–H groups in total. The van der Waals surface area contributed by atoms with Crippen molar-refractivity contribution in [2.75, 3.05) is 39.3 Å². The molecule has 2 aliphatic heterocycles. The molecule has 1 unspecified atom stereocenters. The lowest BCUT2D eigenvalue weighted by molar-refractivity contribution is -0.137. The van der Waals surface area contributed by atoms with E-state index in [1.165, 1.54) is 31.4 Å². The zero-order chi connectivity index (χ0) is 23.0. The number of rotatable bonds is 4. The lowest BCUT2D eigenvalue weighted by atomic mass is 9.91. The van der Waals surface area contributed by atoms with Gasteiger partial charge in [-0.25, -0.2) is 4.21 Å². The standard InChI is InChI=1S/C24H27F3N4OS/c25-24(26,27)22-7-2-1-6-21(22)18-8-10-20(11-9-18)33(32)31-13-12-28-23(31)30-16-14-29(15-17-30)19-4-3-5-19/h1-2,6-11,19H,3-5,12-17H2. The maximum absolute atomic E-state index is 13.4. The molecule has 1 saturated heterocycles. The van der Waals surface area contributed by atoms with E-state index in [1.807, 2.05) is 4.31 Å². The zero-order valence-electron chi connectivity index (χ0n) is 18.3. The van der Waals surface area contributed by atoms with Gasteiger partial charge in [0.05, 0.1) is 23.5 Å². The molecule has 2 aromatic rings. The topological polar surface area (TPSA) is 39.2 Å². The summed E-state index contributed by atoms with van der Waals surface area (Å²) in [4.78, 5) is 9.95. The monoisotopic (exact) mass is 476 g/mol. The first-order valence-electron chi connectivity index (χ1n) is 11.4. The van der Waals surface area contributed by atoms with Crippen LogP contribution in [0.25, 0.3) is 11.1 Å². The summed E-state index contributed by atoms with van der Waals surface area (Å²) in [6.07, 6.45) is -0.520. The minimum Gasteiger partial charge on any atom is -0.339 e. The number of hydrogen-bond acceptors (Lipinski definition) is 4. The summed E-state index contributed by atoms with van der Waals surface area (Å²) in [5.41, 5.74) is -0.102. The number of piperazine rings is 1. The van der Waals surface area contributed by atoms with Crippen LogP contribution in [0, 0.1) is 0 Å². The second kappa shape index (κ2) is 9.10. The van der Waals surface area contributed by atoms with Crippen LogP contribution < -0.4 is 0 Å². The molecule has 0 amide bonds. The van der Waals surface area contributed by atoms with Crippen LogP contribution in [0.3, 0.4) is 0 Å². The minimum atomic E-state index is -4.43. The Hall–Kier alpha value is -2.39. The Morgan fingerprint density at radius 3 is 2.24 bits per heavy atom. The molecule has 1 aliphatic carbocycles. The van der Waals surface area contributed by atoms with E-state index >= 15 is 0 Å². The molecule has 176 valence electrons. The summed E-state index contributed by atoms with van der Waals surface area (Å²) in [5, 5.41) is 0. The molecule has 1 atom stereocenters. The van der Waals surface area contributed by atoms with Gasteiger partial charge in [-0.1, -0.05) is 36.8 Å². The Bertz CT molecular complexity index is 1040. The number of hydrogen-bond donors (Lipinski definition) is 0. The van der Waals surface area contributed by atoms with Gasteiger partial charge in [-0.15, -0.1) is 0 Å². The van der Waals surface area contributed by atoms with Crippen LogP contribution in [0.5, 0.6) is 0 Å². The number of alkyl halides is 3. The lowest BCUT2D eigenvalue weighted by Gasteiger charge is -2.44. The van der Waals surface area contributed by atoms with Crippen LogP contribution in [0.2, 0.25) is 0 Å². The van der Waals surface area contributed by atoms with Crippen LogP contribution in [-0.4, -0.2) is 69.6 Å². The molecule has 5 nitrogen and oxygen atoms in total. The number of halogens is 3. The fraction of sp³-hybridized carbons (Fsp3) is 0.458. The molecule has 9 heteroatoms. The normalized spacial score (nSPS) is 21.1. The second-order valence-corrected chi connectivity index (χ2v) is 10.1. The van der Waals surface area contributed by atoms with Gasteiger partial charge < -0.3 is 4.90 Å². The first-order chi connectivity index (χ1) is 15.9. The summed E-state index contributed by atoms with van der Waals surface area (Å²) in [6, 6.07) is 12.8. The van der Waals surface area contributed by atoms with Gasteiger partial charge in [-0.3, -0.25) is 14.2 Å². The number of guanidine groups is 1. The fourth-order valence-corrected chi connectivity index (χ4v) is 5.93. The quantitative estimate of drug-likeness (QED) is 0.663. The lowest BCUT2D eigenvalue weighted by Crippen LogP contribution is -2.55. The van der Waals surface area contributed by atoms with E-state index in [0.29, 0.717) is 23.5 Å². The smallest absolute Gasteiger partial charge is 0.339 e. The van der Waals surface area contributed by atoms with E-state index in [1.54, 1.807) is 30.3 Å². The Morgan fingerprint density at radius 2 is 1.61 bits per heavy atom. The van der Waals surface area contributed by atoms with E-state index in [4.69, 9.17) is 0 Å². The highest BCUT2D eigenvalue weighted by molar-refractivity contribution is 7.83. The molecule has 1 saturated carbocycles. The maximum atomic E-state index is 13.4. The van der Waals surface area contributed by atoms with Crippen LogP contribution in [0.4, 0.5) is 13.2 Å². The molecule has 5 rings (SSSR count). The average Bonchev–Trinajstić information content (AvgIpc) is 3.27. The average molecular weight is 477 g/mol. The molecule has 0 bridgehead atoms. The van der Waals surface area contributed by atoms with E-state index in [-0.39, 0.29) is 5.56 Å². The predicted octanol–water partition coefficient (Wildman–Crippen LogP) is 4.24. The Balaban J connectivity index is 1.29. The molecule has 2 heterocycles. The SMILES string of the molecule is O=S(c1ccc(-c2ccccc2C(F)(F)F)cc1)N1CCN=C1N1CCN(C2CCC2)CC1. The van der Waals surface area contributed by atoms with Crippen molar-refractivity contribution in [2.45, 2.75) is 36.4 Å². The van der Waals surface area contributed by atoms with Gasteiger partial charge in [-0.2, -0.15) is 13.2 Å². The third kappa shape index (κ3) is 4.53. The van der Waals surface area contributed by atoms with Crippen molar-refractivity contribution in [1.29, 1.82) is 0 Å². The molecular formula is C24H27F3N4OS. The molecule has 33 heavy (non-hydrogen) atoms. The first kappa shape index (κ1) is 22.4. The van der Waals surface area contributed by atoms with Crippen LogP contribution in [-0.2, 0) is 17.2 Å². The summed E-state index contributed by atoms with van der Waals surface area (Å²) in [7, 11) is -1.46. The largest absolute Gasteiger partial charge is 0.417 e. The van der Waals surface area contributed by atoms with Crippen LogP contribution in [0.1, 0.15) is 24.8 Å². The molecule has 2 fully saturated rings. The third-order valence-electron chi connectivity index (χ3n) is 6.77. The van der Waals surface area contributed by atoms with Crippen LogP contribution in [0.15, 0.2) is 58.4 Å². The van der Waals surface area contributed by atoms with Crippen molar-refractivity contribution in [3.63, 3.8) is 0 Å². The van der Waals surface area contributed by atoms with E-state index in [9.17, 15) is 17.4 Å². The van der Waals surface area contributed by atoms with Crippen molar-refractivity contribution in [3.05, 3.63) is 54.1 Å². The third-order valence-corrected chi connectivity index (χ3v) is 8.19. The number of benzene rings is 2. The summed E-state index contributed by atoms with van der Waals surface area (Å²) >= 11 is 0. The maximum Gasteiger partial charge on any atom is 0.417 e. The van der Waals surface area contributed by atoms with Gasteiger partial charge in [-0.05, 0) is 42.2 Å². The second-order valence-electron chi connectivity index (χ2n) is 8.71. The van der Waals surface area contributed by atoms with Gasteiger partial charge in [0.2, 0.25) is 5.96 Å². The van der Waals surface area contributed by atoms with Crippen molar-refractivity contribution in [3.8, 4) is 11.1 Å². The highest BCUT2D eigenvalue weighted by Crippen LogP contribution is 2.37.